The number of ether oxygens (including phenoxy) is 1. The highest BCUT2D eigenvalue weighted by molar-refractivity contribution is 5.86. The maximum Gasteiger partial charge on any atom is 0.433 e. The van der Waals surface area contributed by atoms with Crippen LogP contribution >= 0.6 is 0 Å². The van der Waals surface area contributed by atoms with Crippen LogP contribution < -0.4 is 10.1 Å². The summed E-state index contributed by atoms with van der Waals surface area (Å²) in [6.07, 6.45) is -11.4. The molecule has 0 amide bonds. The van der Waals surface area contributed by atoms with Crippen molar-refractivity contribution < 1.29 is 41.3 Å². The molecule has 0 aliphatic carbocycles. The first-order valence-electron chi connectivity index (χ1n) is 9.35. The Morgan fingerprint density at radius 1 is 0.969 bits per heavy atom. The zero-order valence-corrected chi connectivity index (χ0v) is 16.3. The van der Waals surface area contributed by atoms with Gasteiger partial charge in [0.2, 0.25) is 0 Å². The molecule has 5 nitrogen and oxygen atoms in total. The van der Waals surface area contributed by atoms with Gasteiger partial charge in [0, 0.05) is 18.5 Å². The van der Waals surface area contributed by atoms with E-state index in [0.717, 1.165) is 6.07 Å². The van der Waals surface area contributed by atoms with Crippen LogP contribution in [0, 0.1) is 0 Å². The number of halogens is 6. The lowest BCUT2D eigenvalue weighted by Crippen LogP contribution is -2.26. The van der Waals surface area contributed by atoms with Gasteiger partial charge in [-0.05, 0) is 42.0 Å². The summed E-state index contributed by atoms with van der Waals surface area (Å²) < 4.78 is 85.1. The van der Waals surface area contributed by atoms with Gasteiger partial charge < -0.3 is 20.3 Å². The third kappa shape index (κ3) is 5.60. The first kappa shape index (κ1) is 23.6. The number of fused-ring (bicyclic) bond motifs is 1. The molecule has 0 spiro atoms. The number of aromatic nitrogens is 1. The first-order valence-corrected chi connectivity index (χ1v) is 9.35. The van der Waals surface area contributed by atoms with Gasteiger partial charge in [0.1, 0.15) is 23.8 Å². The molecule has 32 heavy (non-hydrogen) atoms. The highest BCUT2D eigenvalue weighted by Gasteiger charge is 2.37. The minimum atomic E-state index is -4.99. The fourth-order valence-electron chi connectivity index (χ4n) is 3.06. The minimum absolute atomic E-state index is 0.0649. The molecule has 0 saturated carbocycles. The summed E-state index contributed by atoms with van der Waals surface area (Å²) in [6, 6.07) is 9.35. The lowest BCUT2D eigenvalue weighted by Gasteiger charge is -2.19. The topological polar surface area (TPSA) is 74.6 Å². The van der Waals surface area contributed by atoms with Crippen LogP contribution in [0.15, 0.2) is 48.5 Å². The third-order valence-electron chi connectivity index (χ3n) is 4.55. The van der Waals surface area contributed by atoms with Crippen LogP contribution in [0.1, 0.15) is 22.9 Å². The summed E-state index contributed by atoms with van der Waals surface area (Å²) in [5, 5.41) is 22.2. The Morgan fingerprint density at radius 2 is 1.66 bits per heavy atom. The summed E-state index contributed by atoms with van der Waals surface area (Å²) >= 11 is 0. The Kier molecular flexibility index (Phi) is 6.79. The van der Waals surface area contributed by atoms with E-state index in [1.807, 2.05) is 0 Å². The molecule has 172 valence electrons. The number of hydrogen-bond donors (Lipinski definition) is 3. The molecule has 1 unspecified atom stereocenters. The van der Waals surface area contributed by atoms with Crippen molar-refractivity contribution in [3.63, 3.8) is 0 Å². The fourth-order valence-corrected chi connectivity index (χ4v) is 3.06. The maximum atomic E-state index is 13.3. The van der Waals surface area contributed by atoms with Crippen molar-refractivity contribution in [1.29, 1.82) is 0 Å². The van der Waals surface area contributed by atoms with Gasteiger partial charge in [0.15, 0.2) is 0 Å². The van der Waals surface area contributed by atoms with Crippen molar-refractivity contribution in [3.05, 3.63) is 65.4 Å². The van der Waals surface area contributed by atoms with Crippen LogP contribution in [0.25, 0.3) is 10.9 Å². The number of aromatic hydroxyl groups is 1. The van der Waals surface area contributed by atoms with Crippen molar-refractivity contribution in [1.82, 2.24) is 10.3 Å². The van der Waals surface area contributed by atoms with Crippen LogP contribution in [0.5, 0.6) is 11.5 Å². The predicted molar refractivity (Wildman–Crippen MR) is 103 cm³/mol. The van der Waals surface area contributed by atoms with Crippen LogP contribution in [0.4, 0.5) is 26.3 Å². The quantitative estimate of drug-likeness (QED) is 0.353. The fraction of sp³-hybridized carbons (Fsp3) is 0.286. The van der Waals surface area contributed by atoms with Crippen LogP contribution in [0.3, 0.4) is 0 Å². The number of rotatable bonds is 7. The van der Waals surface area contributed by atoms with Gasteiger partial charge in [-0.1, -0.05) is 12.1 Å². The molecule has 3 aromatic rings. The lowest BCUT2D eigenvalue weighted by molar-refractivity contribution is -0.142. The molecule has 0 bridgehead atoms. The molecule has 0 saturated heterocycles. The van der Waals surface area contributed by atoms with Gasteiger partial charge in [0.25, 0.3) is 0 Å². The summed E-state index contributed by atoms with van der Waals surface area (Å²) in [4.78, 5) is 3.19. The average molecular weight is 460 g/mol. The van der Waals surface area contributed by atoms with Gasteiger partial charge >= 0.3 is 12.4 Å². The molecule has 3 rings (SSSR count). The van der Waals surface area contributed by atoms with E-state index < -0.39 is 35.2 Å². The summed E-state index contributed by atoms with van der Waals surface area (Å²) in [6.45, 7) is 0.104. The summed E-state index contributed by atoms with van der Waals surface area (Å²) in [7, 11) is 0. The highest BCUT2D eigenvalue weighted by atomic mass is 19.4. The van der Waals surface area contributed by atoms with E-state index in [1.54, 1.807) is 0 Å². The second-order valence-corrected chi connectivity index (χ2v) is 6.86. The van der Waals surface area contributed by atoms with Gasteiger partial charge in [-0.15, -0.1) is 0 Å². The third-order valence-corrected chi connectivity index (χ3v) is 4.55. The molecule has 1 heterocycles. The zero-order valence-electron chi connectivity index (χ0n) is 16.3. The Bertz CT molecular complexity index is 1070. The highest BCUT2D eigenvalue weighted by Crippen LogP contribution is 2.38. The SMILES string of the molecule is Oc1ccc(OCCNCC(O)c2cc(C(F)(F)F)nc3c(C(F)(F)F)cccc23)cc1. The standard InChI is InChI=1S/C21H18F6N2O3/c22-20(23,24)16-3-1-2-14-15(10-18(21(25,26)27)29-19(14)16)17(31)11-28-8-9-32-13-6-4-12(30)5-7-13/h1-7,10,17,28,30-31H,8-9,11H2. The van der Waals surface area contributed by atoms with E-state index in [2.05, 4.69) is 10.3 Å². The first-order chi connectivity index (χ1) is 15.0. The molecular weight excluding hydrogens is 442 g/mol. The molecule has 1 aromatic heterocycles. The number of alkyl halides is 6. The largest absolute Gasteiger partial charge is 0.508 e. The number of pyridine rings is 1. The number of phenolic OH excluding ortho intramolecular Hbond substituents is 1. The van der Waals surface area contributed by atoms with Crippen LogP contribution in [-0.4, -0.2) is 34.9 Å². The smallest absolute Gasteiger partial charge is 0.433 e. The number of hydrogen-bond acceptors (Lipinski definition) is 5. The number of phenols is 1. The molecule has 0 radical (unpaired) electrons. The Hall–Kier alpha value is -3.05. The van der Waals surface area contributed by atoms with Crippen molar-refractivity contribution in [2.75, 3.05) is 19.7 Å². The molecule has 1 atom stereocenters. The summed E-state index contributed by atoms with van der Waals surface area (Å²) in [5.74, 6) is 0.537. The number of aliphatic hydroxyl groups excluding tert-OH is 1. The molecular formula is C21H18F6N2O3. The number of nitrogens with one attached hydrogen (secondary N) is 1. The zero-order chi connectivity index (χ0) is 23.5. The Morgan fingerprint density at radius 3 is 2.28 bits per heavy atom. The van der Waals surface area contributed by atoms with E-state index in [9.17, 15) is 36.6 Å². The van der Waals surface area contributed by atoms with Crippen LogP contribution in [0.2, 0.25) is 0 Å². The van der Waals surface area contributed by atoms with Crippen molar-refractivity contribution in [2.24, 2.45) is 0 Å². The number of benzene rings is 2. The predicted octanol–water partition coefficient (Wildman–Crippen LogP) is 4.68. The van der Waals surface area contributed by atoms with Crippen molar-refractivity contribution in [3.8, 4) is 11.5 Å². The molecule has 0 aliphatic rings. The lowest BCUT2D eigenvalue weighted by atomic mass is 9.99. The minimum Gasteiger partial charge on any atom is -0.508 e. The van der Waals surface area contributed by atoms with E-state index in [1.165, 1.54) is 30.3 Å². The molecule has 0 aliphatic heterocycles. The van der Waals surface area contributed by atoms with E-state index in [-0.39, 0.29) is 36.4 Å². The van der Waals surface area contributed by atoms with E-state index in [0.29, 0.717) is 17.9 Å². The van der Waals surface area contributed by atoms with Gasteiger partial charge in [-0.2, -0.15) is 26.3 Å². The van der Waals surface area contributed by atoms with Crippen molar-refractivity contribution in [2.45, 2.75) is 18.5 Å². The Labute approximate surface area is 178 Å². The second-order valence-electron chi connectivity index (χ2n) is 6.86. The average Bonchev–Trinajstić information content (AvgIpc) is 2.72. The molecule has 2 aromatic carbocycles. The number of aliphatic hydroxyl groups is 1. The van der Waals surface area contributed by atoms with E-state index in [4.69, 9.17) is 4.74 Å². The summed E-state index contributed by atoms with van der Waals surface area (Å²) in [5.41, 5.74) is -4.03. The number of para-hydroxylation sites is 1. The second kappa shape index (κ2) is 9.21. The monoisotopic (exact) mass is 460 g/mol. The molecule has 3 N–H and O–H groups in total. The van der Waals surface area contributed by atoms with Gasteiger partial charge in [-0.25, -0.2) is 4.98 Å². The normalized spacial score (nSPS) is 13.3. The van der Waals surface area contributed by atoms with Crippen LogP contribution in [-0.2, 0) is 12.4 Å². The Balaban J connectivity index is 1.78. The molecule has 11 heteroatoms. The van der Waals surface area contributed by atoms with E-state index >= 15 is 0 Å². The van der Waals surface area contributed by atoms with Crippen molar-refractivity contribution >= 4 is 10.9 Å². The van der Waals surface area contributed by atoms with Gasteiger partial charge in [-0.3, -0.25) is 0 Å². The van der Waals surface area contributed by atoms with Gasteiger partial charge in [0.05, 0.1) is 17.2 Å². The number of nitrogens with zero attached hydrogens (tertiary/aromatic N) is 1. The molecule has 0 fully saturated rings. The maximum absolute atomic E-state index is 13.3.